The molecule has 2 heterocycles. The summed E-state index contributed by atoms with van der Waals surface area (Å²) < 4.78 is 1.34. The molecule has 5 heteroatoms. The molecule has 126 valence electrons. The first-order valence-electron chi connectivity index (χ1n) is 8.13. The van der Waals surface area contributed by atoms with Crippen LogP contribution in [-0.2, 0) is 0 Å². The van der Waals surface area contributed by atoms with Crippen LogP contribution in [0.25, 0.3) is 28.2 Å². The Morgan fingerprint density at radius 3 is 2.23 bits per heavy atom. The van der Waals surface area contributed by atoms with E-state index < -0.39 is 0 Å². The summed E-state index contributed by atoms with van der Waals surface area (Å²) in [5, 5.41) is 14.7. The fourth-order valence-corrected chi connectivity index (χ4v) is 2.77. The van der Waals surface area contributed by atoms with Crippen LogP contribution in [0.2, 0.25) is 0 Å². The standard InChI is InChI=1S/C21H15N3O2/c25-20-12-5-4-10-16(20)17-14-19(18-11-6-7-13-22-18)23-24(21(17)26)15-8-2-1-3-9-15/h1-14,25H. The Hall–Kier alpha value is -3.73. The highest BCUT2D eigenvalue weighted by Gasteiger charge is 2.15. The first-order chi connectivity index (χ1) is 12.7. The molecule has 26 heavy (non-hydrogen) atoms. The van der Waals surface area contributed by atoms with Gasteiger partial charge in [0.25, 0.3) is 5.56 Å². The second-order valence-corrected chi connectivity index (χ2v) is 5.73. The van der Waals surface area contributed by atoms with Crippen molar-refractivity contribution in [1.82, 2.24) is 14.8 Å². The number of phenolic OH excluding ortho intramolecular Hbond substituents is 1. The number of phenols is 1. The van der Waals surface area contributed by atoms with Crippen molar-refractivity contribution in [2.45, 2.75) is 0 Å². The molecule has 4 rings (SSSR count). The number of hydrogen-bond acceptors (Lipinski definition) is 4. The lowest BCUT2D eigenvalue weighted by Crippen LogP contribution is -2.23. The molecule has 0 radical (unpaired) electrons. The molecule has 0 aliphatic carbocycles. The number of rotatable bonds is 3. The molecule has 0 spiro atoms. The van der Waals surface area contributed by atoms with Gasteiger partial charge in [0.15, 0.2) is 0 Å². The zero-order valence-electron chi connectivity index (χ0n) is 13.8. The van der Waals surface area contributed by atoms with Gasteiger partial charge in [-0.15, -0.1) is 0 Å². The van der Waals surface area contributed by atoms with Gasteiger partial charge in [-0.05, 0) is 36.4 Å². The van der Waals surface area contributed by atoms with Crippen LogP contribution >= 0.6 is 0 Å². The summed E-state index contributed by atoms with van der Waals surface area (Å²) in [6.45, 7) is 0. The average Bonchev–Trinajstić information content (AvgIpc) is 2.70. The van der Waals surface area contributed by atoms with Gasteiger partial charge < -0.3 is 5.11 Å². The Morgan fingerprint density at radius 1 is 0.769 bits per heavy atom. The van der Waals surface area contributed by atoms with Crippen LogP contribution in [0.3, 0.4) is 0 Å². The number of hydrogen-bond donors (Lipinski definition) is 1. The second-order valence-electron chi connectivity index (χ2n) is 5.73. The molecule has 0 saturated carbocycles. The van der Waals surface area contributed by atoms with E-state index in [9.17, 15) is 9.90 Å². The van der Waals surface area contributed by atoms with Crippen LogP contribution in [0.1, 0.15) is 0 Å². The van der Waals surface area contributed by atoms with Crippen LogP contribution in [-0.4, -0.2) is 19.9 Å². The van der Waals surface area contributed by atoms with Gasteiger partial charge in [0.2, 0.25) is 0 Å². The fourth-order valence-electron chi connectivity index (χ4n) is 2.77. The van der Waals surface area contributed by atoms with E-state index in [0.29, 0.717) is 28.2 Å². The Labute approximate surface area is 149 Å². The molecule has 0 unspecified atom stereocenters. The smallest absolute Gasteiger partial charge is 0.279 e. The summed E-state index contributed by atoms with van der Waals surface area (Å²) in [5.41, 5.74) is 2.36. The van der Waals surface area contributed by atoms with Gasteiger partial charge in [0, 0.05) is 11.8 Å². The molecular formula is C21H15N3O2. The molecule has 0 fully saturated rings. The minimum absolute atomic E-state index is 0.0439. The predicted octanol–water partition coefficient (Wildman–Crippen LogP) is 3.67. The SMILES string of the molecule is O=c1c(-c2ccccc2O)cc(-c2ccccn2)nn1-c1ccccc1. The van der Waals surface area contributed by atoms with Crippen LogP contribution in [0.15, 0.2) is 89.9 Å². The van der Waals surface area contributed by atoms with Crippen molar-refractivity contribution in [3.05, 3.63) is 95.4 Å². The van der Waals surface area contributed by atoms with Crippen molar-refractivity contribution in [2.75, 3.05) is 0 Å². The third-order valence-corrected chi connectivity index (χ3v) is 4.03. The summed E-state index contributed by atoms with van der Waals surface area (Å²) in [5.74, 6) is 0.0439. The number of benzene rings is 2. The maximum atomic E-state index is 13.1. The Kier molecular flexibility index (Phi) is 4.03. The molecule has 0 bridgehead atoms. The lowest BCUT2D eigenvalue weighted by Gasteiger charge is -2.11. The van der Waals surface area contributed by atoms with Crippen molar-refractivity contribution in [3.63, 3.8) is 0 Å². The summed E-state index contributed by atoms with van der Waals surface area (Å²) in [7, 11) is 0. The normalized spacial score (nSPS) is 10.6. The number of aromatic hydroxyl groups is 1. The first-order valence-corrected chi connectivity index (χ1v) is 8.13. The van der Waals surface area contributed by atoms with Gasteiger partial charge in [0.1, 0.15) is 11.4 Å². The average molecular weight is 341 g/mol. The molecule has 5 nitrogen and oxygen atoms in total. The number of pyridine rings is 1. The highest BCUT2D eigenvalue weighted by Crippen LogP contribution is 2.28. The molecule has 1 N–H and O–H groups in total. The van der Waals surface area contributed by atoms with E-state index in [4.69, 9.17) is 0 Å². The fraction of sp³-hybridized carbons (Fsp3) is 0. The van der Waals surface area contributed by atoms with Crippen molar-refractivity contribution in [1.29, 1.82) is 0 Å². The minimum atomic E-state index is -0.308. The van der Waals surface area contributed by atoms with Crippen LogP contribution in [0, 0.1) is 0 Å². The summed E-state index contributed by atoms with van der Waals surface area (Å²) in [6, 6.07) is 23.1. The van der Waals surface area contributed by atoms with Gasteiger partial charge >= 0.3 is 0 Å². The summed E-state index contributed by atoms with van der Waals surface area (Å²) in [6.07, 6.45) is 1.68. The minimum Gasteiger partial charge on any atom is -0.507 e. The molecule has 2 aromatic heterocycles. The highest BCUT2D eigenvalue weighted by atomic mass is 16.3. The molecule has 0 saturated heterocycles. The van der Waals surface area contributed by atoms with Crippen molar-refractivity contribution >= 4 is 0 Å². The van der Waals surface area contributed by atoms with Crippen molar-refractivity contribution in [2.24, 2.45) is 0 Å². The maximum Gasteiger partial charge on any atom is 0.279 e. The number of aromatic nitrogens is 3. The van der Waals surface area contributed by atoms with E-state index >= 15 is 0 Å². The molecule has 0 amide bonds. The monoisotopic (exact) mass is 341 g/mol. The summed E-state index contributed by atoms with van der Waals surface area (Å²) >= 11 is 0. The number of nitrogens with zero attached hydrogens (tertiary/aromatic N) is 3. The molecule has 0 aliphatic heterocycles. The summed E-state index contributed by atoms with van der Waals surface area (Å²) in [4.78, 5) is 17.4. The van der Waals surface area contributed by atoms with Crippen LogP contribution in [0.4, 0.5) is 0 Å². The van der Waals surface area contributed by atoms with E-state index in [1.165, 1.54) is 4.68 Å². The van der Waals surface area contributed by atoms with Crippen LogP contribution in [0.5, 0.6) is 5.75 Å². The molecular weight excluding hydrogens is 326 g/mol. The Balaban J connectivity index is 2.03. The molecule has 0 aliphatic rings. The van der Waals surface area contributed by atoms with Gasteiger partial charge in [-0.1, -0.05) is 42.5 Å². The highest BCUT2D eigenvalue weighted by molar-refractivity contribution is 5.73. The third kappa shape index (κ3) is 2.86. The number of para-hydroxylation sites is 2. The second kappa shape index (κ2) is 6.64. The predicted molar refractivity (Wildman–Crippen MR) is 100 cm³/mol. The molecule has 4 aromatic rings. The van der Waals surface area contributed by atoms with E-state index in [0.717, 1.165) is 0 Å². The van der Waals surface area contributed by atoms with Crippen molar-refractivity contribution < 1.29 is 5.11 Å². The van der Waals surface area contributed by atoms with E-state index in [1.54, 1.807) is 36.5 Å². The van der Waals surface area contributed by atoms with Gasteiger partial charge in [-0.25, -0.2) is 0 Å². The lowest BCUT2D eigenvalue weighted by atomic mass is 10.0. The largest absolute Gasteiger partial charge is 0.507 e. The zero-order chi connectivity index (χ0) is 17.9. The van der Waals surface area contributed by atoms with E-state index in [-0.39, 0.29) is 11.3 Å². The zero-order valence-corrected chi connectivity index (χ0v) is 13.8. The molecule has 0 atom stereocenters. The molecule has 2 aromatic carbocycles. The maximum absolute atomic E-state index is 13.1. The Bertz CT molecular complexity index is 1110. The van der Waals surface area contributed by atoms with Gasteiger partial charge in [-0.3, -0.25) is 9.78 Å². The van der Waals surface area contributed by atoms with Gasteiger partial charge in [-0.2, -0.15) is 9.78 Å². The Morgan fingerprint density at radius 2 is 1.50 bits per heavy atom. The quantitative estimate of drug-likeness (QED) is 0.617. The lowest BCUT2D eigenvalue weighted by molar-refractivity contribution is 0.477. The van der Waals surface area contributed by atoms with Gasteiger partial charge in [0.05, 0.1) is 16.9 Å². The first kappa shape index (κ1) is 15.8. The van der Waals surface area contributed by atoms with Crippen molar-refractivity contribution in [3.8, 4) is 34.0 Å². The van der Waals surface area contributed by atoms with E-state index in [2.05, 4.69) is 10.1 Å². The topological polar surface area (TPSA) is 68.0 Å². The van der Waals surface area contributed by atoms with E-state index in [1.807, 2.05) is 48.5 Å². The third-order valence-electron chi connectivity index (χ3n) is 4.03. The van der Waals surface area contributed by atoms with Crippen LogP contribution < -0.4 is 5.56 Å².